The van der Waals surface area contributed by atoms with Gasteiger partial charge in [0.05, 0.1) is 0 Å². The number of nitrogens with zero attached hydrogens (tertiary/aromatic N) is 1. The van der Waals surface area contributed by atoms with Crippen molar-refractivity contribution in [1.29, 1.82) is 0 Å². The van der Waals surface area contributed by atoms with Gasteiger partial charge in [-0.1, -0.05) is 52.8 Å². The Kier molecular flexibility index (Phi) is 5.81. The maximum absolute atomic E-state index is 10.6. The number of benzene rings is 1. The SMILES string of the molecule is CCC(C)(C)Sc1cc(CN=O)cc(C(C)(C)CC)c1. The molecule has 0 aliphatic carbocycles. The van der Waals surface area contributed by atoms with Crippen LogP contribution in [0.1, 0.15) is 65.5 Å². The van der Waals surface area contributed by atoms with E-state index in [0.717, 1.165) is 18.4 Å². The van der Waals surface area contributed by atoms with Crippen LogP contribution in [0.4, 0.5) is 0 Å². The zero-order valence-corrected chi connectivity index (χ0v) is 14.4. The Morgan fingerprint density at radius 1 is 1.05 bits per heavy atom. The Labute approximate surface area is 127 Å². The summed E-state index contributed by atoms with van der Waals surface area (Å²) in [7, 11) is 0. The molecule has 0 radical (unpaired) electrons. The van der Waals surface area contributed by atoms with Crippen molar-refractivity contribution in [2.75, 3.05) is 0 Å². The molecular weight excluding hydrogens is 266 g/mol. The summed E-state index contributed by atoms with van der Waals surface area (Å²) in [6.45, 7) is 13.7. The molecule has 0 spiro atoms. The van der Waals surface area contributed by atoms with Gasteiger partial charge < -0.3 is 0 Å². The van der Waals surface area contributed by atoms with Crippen molar-refractivity contribution in [2.45, 2.75) is 76.0 Å². The van der Waals surface area contributed by atoms with Crippen LogP contribution >= 0.6 is 11.8 Å². The van der Waals surface area contributed by atoms with Gasteiger partial charge in [-0.25, -0.2) is 0 Å². The van der Waals surface area contributed by atoms with Crippen molar-refractivity contribution in [1.82, 2.24) is 0 Å². The second kappa shape index (κ2) is 6.75. The lowest BCUT2D eigenvalue weighted by atomic mass is 9.81. The van der Waals surface area contributed by atoms with Gasteiger partial charge in [0.15, 0.2) is 0 Å². The topological polar surface area (TPSA) is 29.4 Å². The molecule has 2 nitrogen and oxygen atoms in total. The van der Waals surface area contributed by atoms with Crippen LogP contribution in [-0.2, 0) is 12.0 Å². The van der Waals surface area contributed by atoms with E-state index in [9.17, 15) is 4.91 Å². The van der Waals surface area contributed by atoms with Crippen molar-refractivity contribution < 1.29 is 0 Å². The first-order valence-electron chi connectivity index (χ1n) is 7.36. The first-order chi connectivity index (χ1) is 9.24. The van der Waals surface area contributed by atoms with Gasteiger partial charge in [-0.15, -0.1) is 11.8 Å². The second-order valence-electron chi connectivity index (χ2n) is 6.61. The van der Waals surface area contributed by atoms with Crippen LogP contribution < -0.4 is 0 Å². The number of thioether (sulfide) groups is 1. The van der Waals surface area contributed by atoms with Crippen LogP contribution in [0.25, 0.3) is 0 Å². The van der Waals surface area contributed by atoms with Crippen LogP contribution in [0.15, 0.2) is 28.3 Å². The molecule has 0 fully saturated rings. The third kappa shape index (κ3) is 4.62. The van der Waals surface area contributed by atoms with Gasteiger partial charge in [-0.3, -0.25) is 0 Å². The van der Waals surface area contributed by atoms with Crippen LogP contribution in [0.5, 0.6) is 0 Å². The Hall–Kier alpha value is -0.830. The maximum atomic E-state index is 10.6. The number of nitroso groups, excluding NO2 is 1. The standard InChI is InChI=1S/C17H27NOS/c1-7-16(3,4)14-9-13(12-18-19)10-15(11-14)20-17(5,6)8-2/h9-11H,7-8,12H2,1-6H3. The third-order valence-corrected chi connectivity index (χ3v) is 5.44. The minimum atomic E-state index is 0.130. The molecule has 0 saturated heterocycles. The summed E-state index contributed by atoms with van der Waals surface area (Å²) in [4.78, 5) is 11.8. The molecule has 1 aromatic carbocycles. The molecule has 20 heavy (non-hydrogen) atoms. The molecule has 0 aromatic heterocycles. The average molecular weight is 293 g/mol. The van der Waals surface area contributed by atoms with E-state index in [1.807, 2.05) is 11.8 Å². The lowest BCUT2D eigenvalue weighted by Gasteiger charge is -2.27. The molecule has 0 amide bonds. The minimum absolute atomic E-state index is 0.130. The molecule has 0 atom stereocenters. The van der Waals surface area contributed by atoms with Crippen molar-refractivity contribution >= 4 is 11.8 Å². The van der Waals surface area contributed by atoms with E-state index in [4.69, 9.17) is 0 Å². The van der Waals surface area contributed by atoms with E-state index in [2.05, 4.69) is 64.9 Å². The molecule has 112 valence electrons. The maximum Gasteiger partial charge on any atom is 0.106 e. The highest BCUT2D eigenvalue weighted by molar-refractivity contribution is 8.00. The fourth-order valence-electron chi connectivity index (χ4n) is 1.87. The second-order valence-corrected chi connectivity index (χ2v) is 8.39. The van der Waals surface area contributed by atoms with Crippen LogP contribution in [0.2, 0.25) is 0 Å². The molecule has 0 N–H and O–H groups in total. The van der Waals surface area contributed by atoms with Crippen molar-refractivity contribution in [3.05, 3.63) is 34.2 Å². The highest BCUT2D eigenvalue weighted by Gasteiger charge is 2.22. The Morgan fingerprint density at radius 2 is 1.70 bits per heavy atom. The van der Waals surface area contributed by atoms with Crippen molar-refractivity contribution in [3.8, 4) is 0 Å². The highest BCUT2D eigenvalue weighted by atomic mass is 32.2. The summed E-state index contributed by atoms with van der Waals surface area (Å²) >= 11 is 1.88. The summed E-state index contributed by atoms with van der Waals surface area (Å²) in [5.41, 5.74) is 2.45. The van der Waals surface area contributed by atoms with Crippen molar-refractivity contribution in [3.63, 3.8) is 0 Å². The molecule has 0 aliphatic heterocycles. The first-order valence-corrected chi connectivity index (χ1v) is 8.18. The molecule has 3 heteroatoms. The summed E-state index contributed by atoms with van der Waals surface area (Å²) in [6, 6.07) is 6.52. The number of hydrogen-bond acceptors (Lipinski definition) is 3. The quantitative estimate of drug-likeness (QED) is 0.461. The van der Waals surface area contributed by atoms with Gasteiger partial charge in [-0.05, 0) is 41.5 Å². The summed E-state index contributed by atoms with van der Waals surface area (Å²) in [5, 5.41) is 3.05. The monoisotopic (exact) mass is 293 g/mol. The van der Waals surface area contributed by atoms with Crippen LogP contribution in [0, 0.1) is 4.91 Å². The molecule has 1 rings (SSSR count). The Bertz CT molecular complexity index is 466. The Balaban J connectivity index is 3.21. The Morgan fingerprint density at radius 3 is 2.20 bits per heavy atom. The normalized spacial score (nSPS) is 12.5. The van der Waals surface area contributed by atoms with Gasteiger partial charge in [0.1, 0.15) is 6.54 Å². The largest absolute Gasteiger partial charge is 0.150 e. The molecule has 0 aliphatic rings. The van der Waals surface area contributed by atoms with Gasteiger partial charge in [-0.2, -0.15) is 4.91 Å². The zero-order valence-electron chi connectivity index (χ0n) is 13.6. The minimum Gasteiger partial charge on any atom is -0.150 e. The fourth-order valence-corrected chi connectivity index (χ4v) is 3.05. The molecule has 0 unspecified atom stereocenters. The fraction of sp³-hybridized carbons (Fsp3) is 0.647. The van der Waals surface area contributed by atoms with Gasteiger partial charge in [0, 0.05) is 9.64 Å². The third-order valence-electron chi connectivity index (χ3n) is 4.12. The van der Waals surface area contributed by atoms with Gasteiger partial charge in [0.2, 0.25) is 0 Å². The smallest absolute Gasteiger partial charge is 0.106 e. The summed E-state index contributed by atoms with van der Waals surface area (Å²) in [5.74, 6) is 0. The van der Waals surface area contributed by atoms with E-state index in [0.29, 0.717) is 0 Å². The zero-order chi connectivity index (χ0) is 15.4. The summed E-state index contributed by atoms with van der Waals surface area (Å²) in [6.07, 6.45) is 2.19. The van der Waals surface area contributed by atoms with E-state index < -0.39 is 0 Å². The molecule has 0 saturated carbocycles. The summed E-state index contributed by atoms with van der Waals surface area (Å²) < 4.78 is 0.209. The van der Waals surface area contributed by atoms with Crippen molar-refractivity contribution in [2.24, 2.45) is 5.18 Å². The average Bonchev–Trinajstić information content (AvgIpc) is 2.38. The number of hydrogen-bond donors (Lipinski definition) is 0. The lowest BCUT2D eigenvalue weighted by Crippen LogP contribution is -2.17. The van der Waals surface area contributed by atoms with E-state index in [-0.39, 0.29) is 16.7 Å². The first kappa shape index (κ1) is 17.2. The van der Waals surface area contributed by atoms with Gasteiger partial charge in [0.25, 0.3) is 0 Å². The van der Waals surface area contributed by atoms with E-state index in [1.54, 1.807) is 0 Å². The molecule has 1 aromatic rings. The lowest BCUT2D eigenvalue weighted by molar-refractivity contribution is 0.504. The number of rotatable bonds is 7. The van der Waals surface area contributed by atoms with Crippen LogP contribution in [-0.4, -0.2) is 4.75 Å². The van der Waals surface area contributed by atoms with Crippen LogP contribution in [0.3, 0.4) is 0 Å². The molecular formula is C17H27NOS. The predicted octanol–water partition coefficient (Wildman–Crippen LogP) is 5.92. The predicted molar refractivity (Wildman–Crippen MR) is 89.5 cm³/mol. The molecule has 0 heterocycles. The molecule has 0 bridgehead atoms. The van der Waals surface area contributed by atoms with E-state index in [1.165, 1.54) is 10.5 Å². The van der Waals surface area contributed by atoms with E-state index >= 15 is 0 Å². The van der Waals surface area contributed by atoms with Gasteiger partial charge >= 0.3 is 0 Å². The highest BCUT2D eigenvalue weighted by Crippen LogP contribution is 2.38.